The molecule has 176 valence electrons. The zero-order valence-corrected chi connectivity index (χ0v) is 19.6. The van der Waals surface area contributed by atoms with Gasteiger partial charge in [0.15, 0.2) is 5.60 Å². The molecule has 3 aromatic rings. The molecule has 33 heavy (non-hydrogen) atoms. The summed E-state index contributed by atoms with van der Waals surface area (Å²) in [6.45, 7) is 5.90. The van der Waals surface area contributed by atoms with Gasteiger partial charge in [-0.1, -0.05) is 30.3 Å². The molecule has 1 N–H and O–H groups in total. The lowest BCUT2D eigenvalue weighted by atomic mass is 10.1. The average Bonchev–Trinajstić information content (AvgIpc) is 3.09. The molecule has 2 aromatic carbocycles. The van der Waals surface area contributed by atoms with Crippen molar-refractivity contribution >= 4 is 5.97 Å². The number of rotatable bonds is 11. The van der Waals surface area contributed by atoms with Gasteiger partial charge >= 0.3 is 11.7 Å². The number of aryl methyl sites for hydroxylation is 2. The Labute approximate surface area is 193 Å². The van der Waals surface area contributed by atoms with Crippen molar-refractivity contribution in [1.29, 1.82) is 0 Å². The third-order valence-electron chi connectivity index (χ3n) is 5.51. The number of para-hydroxylation sites is 1. The zero-order chi connectivity index (χ0) is 24.0. The second-order valence-electron chi connectivity index (χ2n) is 8.33. The van der Waals surface area contributed by atoms with Gasteiger partial charge in [-0.2, -0.15) is 5.10 Å². The SMILES string of the molecule is CCn1c(CCCc2ccc(OC(C)(C)C(=O)O)cc2)nn(Cc2ccccc2OC)c1=O. The predicted octanol–water partition coefficient (Wildman–Crippen LogP) is 3.54. The minimum atomic E-state index is -1.28. The molecule has 0 radical (unpaired) electrons. The normalized spacial score (nSPS) is 11.4. The molecule has 0 spiro atoms. The molecule has 3 rings (SSSR count). The first-order chi connectivity index (χ1) is 15.7. The van der Waals surface area contributed by atoms with Gasteiger partial charge in [-0.15, -0.1) is 0 Å². The number of aromatic nitrogens is 3. The lowest BCUT2D eigenvalue weighted by Gasteiger charge is -2.21. The Morgan fingerprint density at radius 3 is 2.42 bits per heavy atom. The number of carbonyl (C=O) groups is 1. The first-order valence-corrected chi connectivity index (χ1v) is 11.0. The van der Waals surface area contributed by atoms with Gasteiger partial charge in [0.1, 0.15) is 17.3 Å². The monoisotopic (exact) mass is 453 g/mol. The lowest BCUT2D eigenvalue weighted by Crippen LogP contribution is -2.37. The summed E-state index contributed by atoms with van der Waals surface area (Å²) in [6.07, 6.45) is 2.30. The van der Waals surface area contributed by atoms with Crippen molar-refractivity contribution in [2.75, 3.05) is 7.11 Å². The van der Waals surface area contributed by atoms with Crippen LogP contribution in [0.15, 0.2) is 53.3 Å². The second kappa shape index (κ2) is 10.4. The van der Waals surface area contributed by atoms with Gasteiger partial charge in [0.25, 0.3) is 0 Å². The number of ether oxygens (including phenoxy) is 2. The maximum absolute atomic E-state index is 12.8. The van der Waals surface area contributed by atoms with E-state index in [0.29, 0.717) is 25.3 Å². The summed E-state index contributed by atoms with van der Waals surface area (Å²) in [4.78, 5) is 24.0. The molecule has 0 bridgehead atoms. The minimum Gasteiger partial charge on any atom is -0.496 e. The third-order valence-corrected chi connectivity index (χ3v) is 5.51. The van der Waals surface area contributed by atoms with Crippen LogP contribution >= 0.6 is 0 Å². The van der Waals surface area contributed by atoms with Crippen LogP contribution in [0.4, 0.5) is 0 Å². The van der Waals surface area contributed by atoms with E-state index in [1.54, 1.807) is 23.8 Å². The smallest absolute Gasteiger partial charge is 0.347 e. The highest BCUT2D eigenvalue weighted by molar-refractivity contribution is 5.76. The van der Waals surface area contributed by atoms with Gasteiger partial charge in [0.05, 0.1) is 13.7 Å². The number of nitrogens with zero attached hydrogens (tertiary/aromatic N) is 3. The van der Waals surface area contributed by atoms with Crippen molar-refractivity contribution in [2.45, 2.75) is 58.7 Å². The van der Waals surface area contributed by atoms with E-state index in [1.165, 1.54) is 18.5 Å². The number of carboxylic acids is 1. The van der Waals surface area contributed by atoms with E-state index in [2.05, 4.69) is 5.10 Å². The maximum atomic E-state index is 12.8. The van der Waals surface area contributed by atoms with E-state index in [1.807, 2.05) is 43.3 Å². The summed E-state index contributed by atoms with van der Waals surface area (Å²) in [5, 5.41) is 13.8. The van der Waals surface area contributed by atoms with Crippen molar-refractivity contribution in [2.24, 2.45) is 0 Å². The molecule has 0 aliphatic carbocycles. The first kappa shape index (κ1) is 24.1. The molecule has 0 unspecified atom stereocenters. The fourth-order valence-corrected chi connectivity index (χ4v) is 3.60. The fraction of sp³-hybridized carbons (Fsp3) is 0.400. The number of benzene rings is 2. The molecule has 0 saturated carbocycles. The van der Waals surface area contributed by atoms with Crippen molar-refractivity contribution in [3.05, 3.63) is 76.0 Å². The summed E-state index contributed by atoms with van der Waals surface area (Å²) >= 11 is 0. The summed E-state index contributed by atoms with van der Waals surface area (Å²) in [5.41, 5.74) is 0.603. The molecule has 0 amide bonds. The molecule has 0 aliphatic heterocycles. The Kier molecular flexibility index (Phi) is 7.58. The van der Waals surface area contributed by atoms with Crippen molar-refractivity contribution in [3.63, 3.8) is 0 Å². The van der Waals surface area contributed by atoms with E-state index in [0.717, 1.165) is 35.5 Å². The lowest BCUT2D eigenvalue weighted by molar-refractivity contribution is -0.152. The molecular weight excluding hydrogens is 422 g/mol. The summed E-state index contributed by atoms with van der Waals surface area (Å²) < 4.78 is 14.1. The topological polar surface area (TPSA) is 95.6 Å². The Morgan fingerprint density at radius 2 is 1.79 bits per heavy atom. The second-order valence-corrected chi connectivity index (χ2v) is 8.33. The number of methoxy groups -OCH3 is 1. The summed E-state index contributed by atoms with van der Waals surface area (Å²) in [6, 6.07) is 15.0. The largest absolute Gasteiger partial charge is 0.496 e. The third kappa shape index (κ3) is 5.83. The van der Waals surface area contributed by atoms with E-state index >= 15 is 0 Å². The van der Waals surface area contributed by atoms with Crippen LogP contribution in [0.1, 0.15) is 44.1 Å². The number of hydrogen-bond donors (Lipinski definition) is 1. The quantitative estimate of drug-likeness (QED) is 0.477. The molecule has 0 saturated heterocycles. The number of aliphatic carboxylic acids is 1. The van der Waals surface area contributed by atoms with E-state index < -0.39 is 11.6 Å². The highest BCUT2D eigenvalue weighted by Crippen LogP contribution is 2.20. The van der Waals surface area contributed by atoms with Crippen LogP contribution in [0.2, 0.25) is 0 Å². The van der Waals surface area contributed by atoms with Crippen molar-refractivity contribution < 1.29 is 19.4 Å². The predicted molar refractivity (Wildman–Crippen MR) is 125 cm³/mol. The molecule has 8 nitrogen and oxygen atoms in total. The summed E-state index contributed by atoms with van der Waals surface area (Å²) in [7, 11) is 1.61. The van der Waals surface area contributed by atoms with Crippen LogP contribution < -0.4 is 15.2 Å². The molecule has 0 aliphatic rings. The van der Waals surface area contributed by atoms with E-state index in [4.69, 9.17) is 9.47 Å². The van der Waals surface area contributed by atoms with Gasteiger partial charge in [0.2, 0.25) is 0 Å². The van der Waals surface area contributed by atoms with Crippen LogP contribution in [0.25, 0.3) is 0 Å². The first-order valence-electron chi connectivity index (χ1n) is 11.0. The van der Waals surface area contributed by atoms with Gasteiger partial charge in [-0.25, -0.2) is 14.3 Å². The highest BCUT2D eigenvalue weighted by atomic mass is 16.5. The van der Waals surface area contributed by atoms with E-state index in [9.17, 15) is 14.7 Å². The number of hydrogen-bond acceptors (Lipinski definition) is 5. The molecule has 1 heterocycles. The Hall–Kier alpha value is -3.55. The summed E-state index contributed by atoms with van der Waals surface area (Å²) in [5.74, 6) is 0.997. The standard InChI is InChI=1S/C25H31N3O5/c1-5-27-22(26-28(24(27)31)17-19-10-6-7-11-21(19)32-4)12-8-9-18-13-15-20(16-14-18)33-25(2,3)23(29)30/h6-7,10-11,13-16H,5,8-9,12,17H2,1-4H3,(H,29,30). The van der Waals surface area contributed by atoms with Gasteiger partial charge in [0, 0.05) is 18.5 Å². The van der Waals surface area contributed by atoms with Crippen LogP contribution in [0.3, 0.4) is 0 Å². The van der Waals surface area contributed by atoms with Crippen LogP contribution in [0.5, 0.6) is 11.5 Å². The van der Waals surface area contributed by atoms with Gasteiger partial charge < -0.3 is 14.6 Å². The average molecular weight is 454 g/mol. The van der Waals surface area contributed by atoms with Crippen LogP contribution in [-0.4, -0.2) is 38.1 Å². The maximum Gasteiger partial charge on any atom is 0.347 e. The molecule has 8 heteroatoms. The van der Waals surface area contributed by atoms with Crippen LogP contribution in [0, 0.1) is 0 Å². The Balaban J connectivity index is 1.64. The Morgan fingerprint density at radius 1 is 1.09 bits per heavy atom. The van der Waals surface area contributed by atoms with Crippen molar-refractivity contribution in [1.82, 2.24) is 14.3 Å². The van der Waals surface area contributed by atoms with Crippen molar-refractivity contribution in [3.8, 4) is 11.5 Å². The highest BCUT2D eigenvalue weighted by Gasteiger charge is 2.29. The molecule has 1 aromatic heterocycles. The number of carboxylic acid groups (broad SMARTS) is 1. The molecule has 0 atom stereocenters. The van der Waals surface area contributed by atoms with Gasteiger partial charge in [-0.05, 0) is 57.4 Å². The minimum absolute atomic E-state index is 0.124. The van der Waals surface area contributed by atoms with Gasteiger partial charge in [-0.3, -0.25) is 4.57 Å². The molecular formula is C25H31N3O5. The fourth-order valence-electron chi connectivity index (χ4n) is 3.60. The zero-order valence-electron chi connectivity index (χ0n) is 19.6. The molecule has 0 fully saturated rings. The van der Waals surface area contributed by atoms with E-state index in [-0.39, 0.29) is 5.69 Å². The van der Waals surface area contributed by atoms with Crippen LogP contribution in [-0.2, 0) is 30.7 Å². The Bertz CT molecular complexity index is 1150.